The molecule has 0 atom stereocenters. The van der Waals surface area contributed by atoms with E-state index in [-0.39, 0.29) is 5.56 Å². The summed E-state index contributed by atoms with van der Waals surface area (Å²) in [6, 6.07) is 1.83. The maximum Gasteiger partial charge on any atom is 0.256 e. The molecule has 82 valence electrons. The zero-order chi connectivity index (χ0) is 11.1. The summed E-state index contributed by atoms with van der Waals surface area (Å²) in [7, 11) is 1.83. The summed E-state index contributed by atoms with van der Waals surface area (Å²) in [5.74, 6) is 0.535. The van der Waals surface area contributed by atoms with Gasteiger partial charge in [-0.3, -0.25) is 9.48 Å². The van der Waals surface area contributed by atoms with Crippen molar-refractivity contribution in [2.24, 2.45) is 7.05 Å². The lowest BCUT2D eigenvalue weighted by molar-refractivity contribution is 0.756. The molecule has 2 aromatic rings. The Bertz CT molecular complexity index is 597. The SMILES string of the molecule is Cn1ccc(-c2nc3c(c(=O)[nH]2)CNC3)n1. The molecule has 1 aliphatic heterocycles. The van der Waals surface area contributed by atoms with Crippen LogP contribution in [0.1, 0.15) is 11.3 Å². The van der Waals surface area contributed by atoms with Crippen LogP contribution < -0.4 is 10.9 Å². The molecule has 3 heterocycles. The van der Waals surface area contributed by atoms with E-state index in [2.05, 4.69) is 20.4 Å². The Labute approximate surface area is 91.3 Å². The van der Waals surface area contributed by atoms with Crippen LogP contribution in [0.3, 0.4) is 0 Å². The molecule has 2 N–H and O–H groups in total. The van der Waals surface area contributed by atoms with E-state index in [1.165, 1.54) is 0 Å². The lowest BCUT2D eigenvalue weighted by atomic mass is 10.2. The van der Waals surface area contributed by atoms with E-state index in [1.54, 1.807) is 4.68 Å². The molecule has 16 heavy (non-hydrogen) atoms. The summed E-state index contributed by atoms with van der Waals surface area (Å²) < 4.78 is 1.68. The summed E-state index contributed by atoms with van der Waals surface area (Å²) in [4.78, 5) is 18.9. The van der Waals surface area contributed by atoms with Gasteiger partial charge in [-0.15, -0.1) is 0 Å². The van der Waals surface area contributed by atoms with Gasteiger partial charge < -0.3 is 10.3 Å². The average molecular weight is 217 g/mol. The Morgan fingerprint density at radius 1 is 1.44 bits per heavy atom. The predicted molar refractivity (Wildman–Crippen MR) is 57.6 cm³/mol. The predicted octanol–water partition coefficient (Wildman–Crippen LogP) is -0.226. The van der Waals surface area contributed by atoms with Crippen molar-refractivity contribution in [3.63, 3.8) is 0 Å². The van der Waals surface area contributed by atoms with Crippen LogP contribution in [0.15, 0.2) is 17.1 Å². The van der Waals surface area contributed by atoms with E-state index in [1.807, 2.05) is 19.3 Å². The zero-order valence-corrected chi connectivity index (χ0v) is 8.82. The second-order valence-corrected chi connectivity index (χ2v) is 3.82. The number of aromatic nitrogens is 4. The van der Waals surface area contributed by atoms with Gasteiger partial charge in [-0.2, -0.15) is 5.10 Å². The lowest BCUT2D eigenvalue weighted by Crippen LogP contribution is -2.15. The first-order valence-corrected chi connectivity index (χ1v) is 5.07. The summed E-state index contributed by atoms with van der Waals surface area (Å²) >= 11 is 0. The fourth-order valence-electron chi connectivity index (χ4n) is 1.84. The quantitative estimate of drug-likeness (QED) is 0.692. The van der Waals surface area contributed by atoms with Crippen LogP contribution in [0.4, 0.5) is 0 Å². The summed E-state index contributed by atoms with van der Waals surface area (Å²) in [5, 5.41) is 7.32. The van der Waals surface area contributed by atoms with Gasteiger partial charge in [-0.1, -0.05) is 0 Å². The van der Waals surface area contributed by atoms with E-state index < -0.39 is 0 Å². The van der Waals surface area contributed by atoms with Gasteiger partial charge in [0, 0.05) is 26.3 Å². The minimum atomic E-state index is -0.0735. The molecule has 0 saturated heterocycles. The van der Waals surface area contributed by atoms with Crippen molar-refractivity contribution in [2.45, 2.75) is 13.1 Å². The molecule has 0 radical (unpaired) electrons. The molecule has 0 spiro atoms. The summed E-state index contributed by atoms with van der Waals surface area (Å²) in [6.45, 7) is 1.25. The monoisotopic (exact) mass is 217 g/mol. The van der Waals surface area contributed by atoms with Gasteiger partial charge in [0.15, 0.2) is 5.82 Å². The average Bonchev–Trinajstić information content (AvgIpc) is 2.85. The van der Waals surface area contributed by atoms with Crippen molar-refractivity contribution in [3.05, 3.63) is 33.9 Å². The summed E-state index contributed by atoms with van der Waals surface area (Å²) in [5.41, 5.74) is 2.18. The first kappa shape index (κ1) is 9.29. The largest absolute Gasteiger partial charge is 0.307 e. The standard InChI is InChI=1S/C10H11N5O/c1-15-3-2-7(14-15)9-12-8-5-11-4-6(8)10(16)13-9/h2-3,11H,4-5H2,1H3,(H,12,13,16). The number of fused-ring (bicyclic) bond motifs is 1. The normalized spacial score (nSPS) is 14.1. The highest BCUT2D eigenvalue weighted by Gasteiger charge is 2.17. The first-order valence-electron chi connectivity index (χ1n) is 5.07. The molecule has 0 bridgehead atoms. The Morgan fingerprint density at radius 2 is 2.31 bits per heavy atom. The van der Waals surface area contributed by atoms with Gasteiger partial charge in [0.05, 0.1) is 11.3 Å². The van der Waals surface area contributed by atoms with E-state index >= 15 is 0 Å². The summed E-state index contributed by atoms with van der Waals surface area (Å²) in [6.07, 6.45) is 1.82. The van der Waals surface area contributed by atoms with Gasteiger partial charge in [-0.25, -0.2) is 4.98 Å². The smallest absolute Gasteiger partial charge is 0.256 e. The van der Waals surface area contributed by atoms with E-state index in [0.29, 0.717) is 24.6 Å². The number of rotatable bonds is 1. The lowest BCUT2D eigenvalue weighted by Gasteiger charge is -1.99. The van der Waals surface area contributed by atoms with Crippen molar-refractivity contribution >= 4 is 0 Å². The van der Waals surface area contributed by atoms with Gasteiger partial charge >= 0.3 is 0 Å². The fourth-order valence-corrected chi connectivity index (χ4v) is 1.84. The van der Waals surface area contributed by atoms with E-state index in [9.17, 15) is 4.79 Å². The maximum atomic E-state index is 11.7. The zero-order valence-electron chi connectivity index (χ0n) is 8.82. The van der Waals surface area contributed by atoms with Crippen LogP contribution in [-0.2, 0) is 20.1 Å². The van der Waals surface area contributed by atoms with Crippen LogP contribution in [-0.4, -0.2) is 19.7 Å². The molecule has 0 aromatic carbocycles. The molecule has 0 fully saturated rings. The van der Waals surface area contributed by atoms with Gasteiger partial charge in [0.2, 0.25) is 0 Å². The number of hydrogen-bond acceptors (Lipinski definition) is 4. The molecular formula is C10H11N5O. The molecule has 6 heteroatoms. The van der Waals surface area contributed by atoms with Crippen molar-refractivity contribution in [1.82, 2.24) is 25.1 Å². The molecule has 0 amide bonds. The third kappa shape index (κ3) is 1.35. The third-order valence-electron chi connectivity index (χ3n) is 2.65. The molecule has 6 nitrogen and oxygen atoms in total. The van der Waals surface area contributed by atoms with Gasteiger partial charge in [0.1, 0.15) is 5.69 Å². The van der Waals surface area contributed by atoms with Crippen molar-refractivity contribution in [1.29, 1.82) is 0 Å². The molecule has 2 aromatic heterocycles. The maximum absolute atomic E-state index is 11.7. The topological polar surface area (TPSA) is 75.6 Å². The van der Waals surface area contributed by atoms with Crippen LogP contribution in [0.25, 0.3) is 11.5 Å². The molecule has 1 aliphatic rings. The Morgan fingerprint density at radius 3 is 3.06 bits per heavy atom. The number of nitrogens with zero attached hydrogens (tertiary/aromatic N) is 3. The molecule has 0 saturated carbocycles. The van der Waals surface area contributed by atoms with Gasteiger partial charge in [-0.05, 0) is 6.07 Å². The number of H-pyrrole nitrogens is 1. The second-order valence-electron chi connectivity index (χ2n) is 3.82. The fraction of sp³-hybridized carbons (Fsp3) is 0.300. The minimum absolute atomic E-state index is 0.0735. The van der Waals surface area contributed by atoms with Crippen molar-refractivity contribution in [2.75, 3.05) is 0 Å². The van der Waals surface area contributed by atoms with Gasteiger partial charge in [0.25, 0.3) is 5.56 Å². The Hall–Kier alpha value is -1.95. The second kappa shape index (κ2) is 3.28. The van der Waals surface area contributed by atoms with Crippen LogP contribution >= 0.6 is 0 Å². The molecule has 0 unspecified atom stereocenters. The van der Waals surface area contributed by atoms with Crippen LogP contribution in [0.5, 0.6) is 0 Å². The molecular weight excluding hydrogens is 206 g/mol. The Kier molecular flexibility index (Phi) is 1.90. The first-order chi connectivity index (χ1) is 7.74. The van der Waals surface area contributed by atoms with E-state index in [4.69, 9.17) is 0 Å². The van der Waals surface area contributed by atoms with Crippen molar-refractivity contribution < 1.29 is 0 Å². The number of aryl methyl sites for hydroxylation is 1. The highest BCUT2D eigenvalue weighted by atomic mass is 16.1. The number of hydrogen-bond donors (Lipinski definition) is 2. The van der Waals surface area contributed by atoms with Crippen molar-refractivity contribution in [3.8, 4) is 11.5 Å². The highest BCUT2D eigenvalue weighted by molar-refractivity contribution is 5.48. The van der Waals surface area contributed by atoms with E-state index in [0.717, 1.165) is 11.3 Å². The third-order valence-corrected chi connectivity index (χ3v) is 2.65. The van der Waals surface area contributed by atoms with Crippen LogP contribution in [0.2, 0.25) is 0 Å². The minimum Gasteiger partial charge on any atom is -0.307 e. The highest BCUT2D eigenvalue weighted by Crippen LogP contribution is 2.14. The number of nitrogens with one attached hydrogen (secondary N) is 2. The van der Waals surface area contributed by atoms with Crippen LogP contribution in [0, 0.1) is 0 Å². The Balaban J connectivity index is 2.16. The molecule has 0 aliphatic carbocycles. The molecule has 3 rings (SSSR count). The number of aromatic amines is 1.